The Labute approximate surface area is 92.0 Å². The molecule has 2 rings (SSSR count). The van der Waals surface area contributed by atoms with Gasteiger partial charge in [0.15, 0.2) is 6.10 Å². The second-order valence-electron chi connectivity index (χ2n) is 3.49. The summed E-state index contributed by atoms with van der Waals surface area (Å²) in [5.41, 5.74) is 1.68. The van der Waals surface area contributed by atoms with E-state index in [9.17, 15) is 9.90 Å². The van der Waals surface area contributed by atoms with Crippen LogP contribution in [0.2, 0.25) is 0 Å². The number of ether oxygens (including phenoxy) is 1. The molecule has 0 aliphatic carbocycles. The average Bonchev–Trinajstić information content (AvgIpc) is 2.77. The van der Waals surface area contributed by atoms with E-state index in [1.807, 2.05) is 18.2 Å². The molecule has 5 nitrogen and oxygen atoms in total. The van der Waals surface area contributed by atoms with Crippen molar-refractivity contribution in [2.24, 2.45) is 0 Å². The molecule has 0 aliphatic heterocycles. The van der Waals surface area contributed by atoms with Crippen molar-refractivity contribution in [3.05, 3.63) is 30.0 Å². The van der Waals surface area contributed by atoms with E-state index in [-0.39, 0.29) is 6.42 Å². The van der Waals surface area contributed by atoms with Gasteiger partial charge >= 0.3 is 5.97 Å². The van der Waals surface area contributed by atoms with E-state index in [4.69, 9.17) is 0 Å². The standard InChI is InChI=1S/C11H12N2O3/c1-16-11(15)9(14)5-7-3-2-4-8-6-12-13-10(7)8/h2-4,6,9,14H,5H2,1H3,(H,12,13). The second kappa shape index (κ2) is 4.32. The number of H-pyrrole nitrogens is 1. The third-order valence-electron chi connectivity index (χ3n) is 2.45. The molecule has 0 amide bonds. The number of hydrogen-bond acceptors (Lipinski definition) is 4. The van der Waals surface area contributed by atoms with Gasteiger partial charge in [0.1, 0.15) is 0 Å². The van der Waals surface area contributed by atoms with Crippen molar-refractivity contribution in [2.75, 3.05) is 7.11 Å². The summed E-state index contributed by atoms with van der Waals surface area (Å²) in [6.07, 6.45) is 0.772. The van der Waals surface area contributed by atoms with Gasteiger partial charge in [-0.3, -0.25) is 5.10 Å². The molecule has 16 heavy (non-hydrogen) atoms. The molecule has 0 aliphatic rings. The number of methoxy groups -OCH3 is 1. The van der Waals surface area contributed by atoms with E-state index >= 15 is 0 Å². The van der Waals surface area contributed by atoms with Gasteiger partial charge in [0.2, 0.25) is 0 Å². The lowest BCUT2D eigenvalue weighted by molar-refractivity contribution is -0.150. The maximum atomic E-state index is 11.1. The lowest BCUT2D eigenvalue weighted by Gasteiger charge is -2.08. The Kier molecular flexibility index (Phi) is 2.87. The topological polar surface area (TPSA) is 75.2 Å². The van der Waals surface area contributed by atoms with Crippen molar-refractivity contribution >= 4 is 16.9 Å². The number of hydrogen-bond donors (Lipinski definition) is 2. The summed E-state index contributed by atoms with van der Waals surface area (Å²) in [7, 11) is 1.25. The number of carbonyl (C=O) groups is 1. The van der Waals surface area contributed by atoms with Crippen molar-refractivity contribution in [3.63, 3.8) is 0 Å². The number of aromatic nitrogens is 2. The summed E-state index contributed by atoms with van der Waals surface area (Å²) in [4.78, 5) is 11.1. The number of rotatable bonds is 3. The normalized spacial score (nSPS) is 12.6. The Morgan fingerprint density at radius 2 is 2.44 bits per heavy atom. The van der Waals surface area contributed by atoms with Gasteiger partial charge in [0.05, 0.1) is 18.8 Å². The Balaban J connectivity index is 2.27. The highest BCUT2D eigenvalue weighted by atomic mass is 16.5. The molecule has 0 fully saturated rings. The smallest absolute Gasteiger partial charge is 0.335 e. The number of aliphatic hydroxyl groups is 1. The van der Waals surface area contributed by atoms with Crippen LogP contribution in [-0.4, -0.2) is 34.5 Å². The number of aliphatic hydroxyl groups excluding tert-OH is 1. The lowest BCUT2D eigenvalue weighted by Crippen LogP contribution is -2.24. The largest absolute Gasteiger partial charge is 0.467 e. The van der Waals surface area contributed by atoms with Gasteiger partial charge < -0.3 is 9.84 Å². The second-order valence-corrected chi connectivity index (χ2v) is 3.49. The maximum Gasteiger partial charge on any atom is 0.335 e. The van der Waals surface area contributed by atoms with Crippen LogP contribution in [0.4, 0.5) is 0 Å². The first-order valence-corrected chi connectivity index (χ1v) is 4.89. The quantitative estimate of drug-likeness (QED) is 0.744. The monoisotopic (exact) mass is 220 g/mol. The van der Waals surface area contributed by atoms with Crippen molar-refractivity contribution in [2.45, 2.75) is 12.5 Å². The van der Waals surface area contributed by atoms with Gasteiger partial charge in [0, 0.05) is 11.8 Å². The van der Waals surface area contributed by atoms with Crippen LogP contribution in [0.3, 0.4) is 0 Å². The molecule has 84 valence electrons. The molecule has 1 aromatic carbocycles. The number of fused-ring (bicyclic) bond motifs is 1. The minimum absolute atomic E-state index is 0.214. The van der Waals surface area contributed by atoms with E-state index in [2.05, 4.69) is 14.9 Å². The van der Waals surface area contributed by atoms with Gasteiger partial charge in [-0.25, -0.2) is 4.79 Å². The molecule has 5 heteroatoms. The summed E-state index contributed by atoms with van der Waals surface area (Å²) < 4.78 is 4.46. The summed E-state index contributed by atoms with van der Waals surface area (Å²) in [6.45, 7) is 0. The summed E-state index contributed by atoms with van der Waals surface area (Å²) in [6, 6.07) is 5.61. The average molecular weight is 220 g/mol. The highest BCUT2D eigenvalue weighted by molar-refractivity contribution is 5.82. The Hall–Kier alpha value is -1.88. The van der Waals surface area contributed by atoms with Gasteiger partial charge in [-0.15, -0.1) is 0 Å². The fourth-order valence-corrected chi connectivity index (χ4v) is 1.63. The highest BCUT2D eigenvalue weighted by Gasteiger charge is 2.17. The van der Waals surface area contributed by atoms with Crippen LogP contribution in [0.15, 0.2) is 24.4 Å². The summed E-state index contributed by atoms with van der Waals surface area (Å²) >= 11 is 0. The van der Waals surface area contributed by atoms with Crippen molar-refractivity contribution in [1.82, 2.24) is 10.2 Å². The molecule has 1 unspecified atom stereocenters. The number of nitrogens with zero attached hydrogens (tertiary/aromatic N) is 1. The molecule has 1 atom stereocenters. The molecule has 1 aromatic heterocycles. The van der Waals surface area contributed by atoms with Crippen molar-refractivity contribution < 1.29 is 14.6 Å². The zero-order valence-corrected chi connectivity index (χ0v) is 8.80. The number of benzene rings is 1. The molecule has 2 aromatic rings. The summed E-state index contributed by atoms with van der Waals surface area (Å²) in [5, 5.41) is 17.3. The zero-order valence-electron chi connectivity index (χ0n) is 8.80. The van der Waals surface area contributed by atoms with E-state index < -0.39 is 12.1 Å². The van der Waals surface area contributed by atoms with Crippen LogP contribution in [-0.2, 0) is 16.0 Å². The van der Waals surface area contributed by atoms with Crippen LogP contribution in [0.1, 0.15) is 5.56 Å². The molecule has 2 N–H and O–H groups in total. The SMILES string of the molecule is COC(=O)C(O)Cc1cccc2cn[nH]c12. The molecule has 0 saturated heterocycles. The first-order valence-electron chi connectivity index (χ1n) is 4.89. The number of aromatic amines is 1. The molecular formula is C11H12N2O3. The molecule has 0 saturated carbocycles. The Morgan fingerprint density at radius 3 is 3.19 bits per heavy atom. The van der Waals surface area contributed by atoms with Crippen molar-refractivity contribution in [3.8, 4) is 0 Å². The molecule has 0 radical (unpaired) electrons. The third kappa shape index (κ3) is 1.90. The van der Waals surface area contributed by atoms with Gasteiger partial charge in [0.25, 0.3) is 0 Å². The minimum Gasteiger partial charge on any atom is -0.467 e. The predicted octanol–water partition coefficient (Wildman–Crippen LogP) is 0.639. The number of esters is 1. The minimum atomic E-state index is -1.14. The lowest BCUT2D eigenvalue weighted by atomic mass is 10.1. The van der Waals surface area contributed by atoms with Crippen LogP contribution in [0.5, 0.6) is 0 Å². The van der Waals surface area contributed by atoms with Crippen LogP contribution >= 0.6 is 0 Å². The first kappa shape index (κ1) is 10.6. The van der Waals surface area contributed by atoms with E-state index in [0.29, 0.717) is 0 Å². The van der Waals surface area contributed by atoms with E-state index in [0.717, 1.165) is 16.5 Å². The van der Waals surface area contributed by atoms with E-state index in [1.54, 1.807) is 6.20 Å². The van der Waals surface area contributed by atoms with Gasteiger partial charge in [-0.05, 0) is 5.56 Å². The molecule has 0 spiro atoms. The summed E-state index contributed by atoms with van der Waals surface area (Å²) in [5.74, 6) is -0.628. The third-order valence-corrected chi connectivity index (χ3v) is 2.45. The molecule has 1 heterocycles. The molecule has 0 bridgehead atoms. The Bertz CT molecular complexity index is 507. The number of carbonyl (C=O) groups excluding carboxylic acids is 1. The van der Waals surface area contributed by atoms with Gasteiger partial charge in [-0.1, -0.05) is 18.2 Å². The Morgan fingerprint density at radius 1 is 1.62 bits per heavy atom. The fraction of sp³-hybridized carbons (Fsp3) is 0.273. The molecular weight excluding hydrogens is 208 g/mol. The van der Waals surface area contributed by atoms with E-state index in [1.165, 1.54) is 7.11 Å². The van der Waals surface area contributed by atoms with Crippen LogP contribution in [0, 0.1) is 0 Å². The van der Waals surface area contributed by atoms with Crippen LogP contribution in [0.25, 0.3) is 10.9 Å². The van der Waals surface area contributed by atoms with Crippen molar-refractivity contribution in [1.29, 1.82) is 0 Å². The zero-order chi connectivity index (χ0) is 11.5. The predicted molar refractivity (Wildman–Crippen MR) is 57.8 cm³/mol. The number of para-hydroxylation sites is 1. The maximum absolute atomic E-state index is 11.1. The van der Waals surface area contributed by atoms with Crippen LogP contribution < -0.4 is 0 Å². The number of nitrogens with one attached hydrogen (secondary N) is 1. The fourth-order valence-electron chi connectivity index (χ4n) is 1.63. The van der Waals surface area contributed by atoms with Gasteiger partial charge in [-0.2, -0.15) is 5.10 Å². The highest BCUT2D eigenvalue weighted by Crippen LogP contribution is 2.17. The first-order chi connectivity index (χ1) is 7.72.